The minimum atomic E-state index is -0.0585. The fraction of sp³-hybridized carbons (Fsp3) is 0.154. The number of ether oxygens (including phenoxy) is 1. The molecule has 0 fully saturated rings. The molecule has 1 aromatic carbocycles. The average Bonchev–Trinajstić information content (AvgIpc) is 2.53. The zero-order valence-electron chi connectivity index (χ0n) is 11.2. The van der Waals surface area contributed by atoms with Crippen molar-refractivity contribution in [2.24, 2.45) is 10.9 Å². The van der Waals surface area contributed by atoms with E-state index in [4.69, 9.17) is 15.7 Å². The Morgan fingerprint density at radius 3 is 2.60 bits per heavy atom. The molecule has 0 saturated carbocycles. The van der Waals surface area contributed by atoms with Gasteiger partial charge in [0.1, 0.15) is 11.4 Å². The van der Waals surface area contributed by atoms with Gasteiger partial charge in [-0.2, -0.15) is 0 Å². The van der Waals surface area contributed by atoms with Crippen molar-refractivity contribution in [1.29, 1.82) is 0 Å². The maximum atomic E-state index is 8.67. The lowest BCUT2D eigenvalue weighted by Gasteiger charge is -2.17. The molecule has 7 heteroatoms. The molecule has 2 rings (SSSR count). The molecule has 0 aliphatic rings. The summed E-state index contributed by atoms with van der Waals surface area (Å²) in [5, 5.41) is 11.6. The molecule has 0 amide bonds. The quantitative estimate of drug-likeness (QED) is 0.378. The number of methoxy groups -OCH3 is 1. The number of hydrogen-bond donors (Lipinski definition) is 2. The van der Waals surface area contributed by atoms with E-state index in [9.17, 15) is 0 Å². The third-order valence-corrected chi connectivity index (χ3v) is 2.77. The van der Waals surface area contributed by atoms with Gasteiger partial charge in [-0.3, -0.25) is 0 Å². The molecule has 3 N–H and O–H groups in total. The zero-order chi connectivity index (χ0) is 14.5. The van der Waals surface area contributed by atoms with E-state index in [1.807, 2.05) is 31.3 Å². The Morgan fingerprint density at radius 2 is 2.00 bits per heavy atom. The van der Waals surface area contributed by atoms with E-state index in [0.29, 0.717) is 11.6 Å². The van der Waals surface area contributed by atoms with Crippen molar-refractivity contribution in [2.45, 2.75) is 0 Å². The largest absolute Gasteiger partial charge is 0.497 e. The van der Waals surface area contributed by atoms with Crippen LogP contribution in [0.5, 0.6) is 5.75 Å². The highest BCUT2D eigenvalue weighted by Gasteiger charge is 2.09. The minimum absolute atomic E-state index is 0.0585. The Labute approximate surface area is 116 Å². The molecule has 0 atom stereocenters. The topological polar surface area (TPSA) is 96.9 Å². The molecule has 0 unspecified atom stereocenters. The molecule has 104 valence electrons. The number of hydrogen-bond acceptors (Lipinski definition) is 6. The van der Waals surface area contributed by atoms with Crippen LogP contribution in [0.15, 0.2) is 41.7 Å². The standard InChI is InChI=1S/C13H15N5O2/c1-18(9-3-5-10(20-2)6-4-9)13-15-8-7-11(16-13)12(14)17-19/h3-8,19H,1-2H3,(H2,14,17). The van der Waals surface area contributed by atoms with Crippen LogP contribution in [0.2, 0.25) is 0 Å². The fourth-order valence-corrected chi connectivity index (χ4v) is 1.63. The van der Waals surface area contributed by atoms with E-state index in [2.05, 4.69) is 15.1 Å². The molecule has 0 saturated heterocycles. The summed E-state index contributed by atoms with van der Waals surface area (Å²) in [5.74, 6) is 1.16. The van der Waals surface area contributed by atoms with Crippen molar-refractivity contribution in [1.82, 2.24) is 9.97 Å². The lowest BCUT2D eigenvalue weighted by Crippen LogP contribution is -2.19. The number of oxime groups is 1. The average molecular weight is 273 g/mol. The first-order valence-corrected chi connectivity index (χ1v) is 5.84. The summed E-state index contributed by atoms with van der Waals surface area (Å²) in [5.41, 5.74) is 6.76. The van der Waals surface area contributed by atoms with E-state index in [1.54, 1.807) is 24.3 Å². The van der Waals surface area contributed by atoms with Gasteiger partial charge in [-0.1, -0.05) is 5.16 Å². The van der Waals surface area contributed by atoms with Gasteiger partial charge in [0.2, 0.25) is 5.95 Å². The first kappa shape index (κ1) is 13.6. The lowest BCUT2D eigenvalue weighted by atomic mass is 10.3. The third kappa shape index (κ3) is 2.77. The van der Waals surface area contributed by atoms with Crippen LogP contribution in [-0.4, -0.2) is 35.2 Å². The van der Waals surface area contributed by atoms with E-state index in [1.165, 1.54) is 0 Å². The summed E-state index contributed by atoms with van der Waals surface area (Å²) >= 11 is 0. The SMILES string of the molecule is COc1ccc(N(C)c2nccc(/C(N)=N/O)n2)cc1. The van der Waals surface area contributed by atoms with Crippen LogP contribution in [-0.2, 0) is 0 Å². The number of benzene rings is 1. The van der Waals surface area contributed by atoms with E-state index >= 15 is 0 Å². The molecule has 2 aromatic rings. The number of anilines is 2. The molecule has 1 aromatic heterocycles. The molecule has 0 bridgehead atoms. The van der Waals surface area contributed by atoms with Gasteiger partial charge in [0.25, 0.3) is 0 Å². The first-order valence-electron chi connectivity index (χ1n) is 5.84. The van der Waals surface area contributed by atoms with Gasteiger partial charge < -0.3 is 20.6 Å². The highest BCUT2D eigenvalue weighted by molar-refractivity contribution is 5.95. The molecular formula is C13H15N5O2. The number of nitrogens with two attached hydrogens (primary N) is 1. The first-order chi connectivity index (χ1) is 9.65. The van der Waals surface area contributed by atoms with Crippen molar-refractivity contribution in [3.8, 4) is 5.75 Å². The second kappa shape index (κ2) is 5.87. The number of amidine groups is 1. The second-order valence-electron chi connectivity index (χ2n) is 3.98. The Hall–Kier alpha value is -2.83. The summed E-state index contributed by atoms with van der Waals surface area (Å²) in [4.78, 5) is 10.2. The third-order valence-electron chi connectivity index (χ3n) is 2.77. The van der Waals surface area contributed by atoms with Crippen molar-refractivity contribution < 1.29 is 9.94 Å². The number of aromatic nitrogens is 2. The van der Waals surface area contributed by atoms with Crippen LogP contribution in [0.25, 0.3) is 0 Å². The Balaban J connectivity index is 2.30. The van der Waals surface area contributed by atoms with Crippen LogP contribution in [0.3, 0.4) is 0 Å². The summed E-state index contributed by atoms with van der Waals surface area (Å²) in [6, 6.07) is 9.04. The van der Waals surface area contributed by atoms with Crippen molar-refractivity contribution in [2.75, 3.05) is 19.1 Å². The van der Waals surface area contributed by atoms with Gasteiger partial charge >= 0.3 is 0 Å². The van der Waals surface area contributed by atoms with E-state index < -0.39 is 0 Å². The molecule has 0 aliphatic heterocycles. The number of nitrogens with zero attached hydrogens (tertiary/aromatic N) is 4. The fourth-order valence-electron chi connectivity index (χ4n) is 1.63. The Bertz CT molecular complexity index is 612. The van der Waals surface area contributed by atoms with Crippen LogP contribution in [0.4, 0.5) is 11.6 Å². The van der Waals surface area contributed by atoms with Crippen LogP contribution in [0, 0.1) is 0 Å². The highest BCUT2D eigenvalue weighted by Crippen LogP contribution is 2.22. The maximum absolute atomic E-state index is 8.67. The normalized spacial score (nSPS) is 11.2. The Morgan fingerprint density at radius 1 is 1.30 bits per heavy atom. The molecule has 7 nitrogen and oxygen atoms in total. The van der Waals surface area contributed by atoms with Crippen molar-refractivity contribution in [3.05, 3.63) is 42.2 Å². The van der Waals surface area contributed by atoms with Gasteiger partial charge in [0.15, 0.2) is 5.84 Å². The molecule has 0 aliphatic carbocycles. The predicted octanol–water partition coefficient (Wildman–Crippen LogP) is 1.35. The predicted molar refractivity (Wildman–Crippen MR) is 75.6 cm³/mol. The minimum Gasteiger partial charge on any atom is -0.497 e. The van der Waals surface area contributed by atoms with Crippen LogP contribution >= 0.6 is 0 Å². The molecule has 1 heterocycles. The van der Waals surface area contributed by atoms with E-state index in [-0.39, 0.29) is 5.84 Å². The highest BCUT2D eigenvalue weighted by atomic mass is 16.5. The maximum Gasteiger partial charge on any atom is 0.230 e. The summed E-state index contributed by atoms with van der Waals surface area (Å²) in [6.07, 6.45) is 1.55. The summed E-state index contributed by atoms with van der Waals surface area (Å²) in [7, 11) is 3.44. The molecule has 0 spiro atoms. The van der Waals surface area contributed by atoms with Crippen LogP contribution in [0.1, 0.15) is 5.69 Å². The van der Waals surface area contributed by atoms with Crippen molar-refractivity contribution in [3.63, 3.8) is 0 Å². The van der Waals surface area contributed by atoms with Gasteiger partial charge in [0.05, 0.1) is 7.11 Å². The smallest absolute Gasteiger partial charge is 0.230 e. The van der Waals surface area contributed by atoms with Gasteiger partial charge in [-0.15, -0.1) is 0 Å². The van der Waals surface area contributed by atoms with Gasteiger partial charge in [0, 0.05) is 18.9 Å². The lowest BCUT2D eigenvalue weighted by molar-refractivity contribution is 0.318. The summed E-state index contributed by atoms with van der Waals surface area (Å²) < 4.78 is 5.11. The Kier molecular flexibility index (Phi) is 3.99. The monoisotopic (exact) mass is 273 g/mol. The second-order valence-corrected chi connectivity index (χ2v) is 3.98. The van der Waals surface area contributed by atoms with Crippen LogP contribution < -0.4 is 15.4 Å². The molecule has 0 radical (unpaired) electrons. The van der Waals surface area contributed by atoms with Crippen molar-refractivity contribution >= 4 is 17.5 Å². The van der Waals surface area contributed by atoms with Gasteiger partial charge in [-0.05, 0) is 30.3 Å². The molecule has 20 heavy (non-hydrogen) atoms. The van der Waals surface area contributed by atoms with E-state index in [0.717, 1.165) is 11.4 Å². The zero-order valence-corrected chi connectivity index (χ0v) is 11.2. The summed E-state index contributed by atoms with van der Waals surface area (Å²) in [6.45, 7) is 0. The van der Waals surface area contributed by atoms with Gasteiger partial charge in [-0.25, -0.2) is 9.97 Å². The molecular weight excluding hydrogens is 258 g/mol. The number of rotatable bonds is 4.